The van der Waals surface area contributed by atoms with Crippen molar-refractivity contribution >= 4 is 35.1 Å². The molecular formula is C31H35N5O3. The number of nitrogens with zero attached hydrogens (tertiary/aromatic N) is 2. The lowest BCUT2D eigenvalue weighted by Crippen LogP contribution is -2.47. The molecule has 3 heterocycles. The molecule has 1 fully saturated rings. The summed E-state index contributed by atoms with van der Waals surface area (Å²) in [4.78, 5) is 46.8. The van der Waals surface area contributed by atoms with Crippen molar-refractivity contribution in [3.8, 4) is 0 Å². The molecular weight excluding hydrogens is 490 g/mol. The molecule has 3 N–H and O–H groups in total. The molecule has 8 heteroatoms. The second kappa shape index (κ2) is 10.5. The number of hydrogen-bond donors (Lipinski definition) is 3. The van der Waals surface area contributed by atoms with Crippen molar-refractivity contribution in [1.29, 1.82) is 0 Å². The van der Waals surface area contributed by atoms with E-state index in [4.69, 9.17) is 0 Å². The van der Waals surface area contributed by atoms with Gasteiger partial charge in [0.05, 0.1) is 17.2 Å². The predicted octanol–water partition coefficient (Wildman–Crippen LogP) is 4.31. The van der Waals surface area contributed by atoms with Crippen LogP contribution >= 0.6 is 0 Å². The highest BCUT2D eigenvalue weighted by Crippen LogP contribution is 2.35. The molecule has 0 radical (unpaired) electrons. The number of carbonyl (C=O) groups is 3. The van der Waals surface area contributed by atoms with Gasteiger partial charge in [-0.05, 0) is 70.1 Å². The zero-order chi connectivity index (χ0) is 27.8. The summed E-state index contributed by atoms with van der Waals surface area (Å²) in [5.74, 6) is -0.442. The van der Waals surface area contributed by atoms with Crippen molar-refractivity contribution in [3.05, 3.63) is 87.2 Å². The van der Waals surface area contributed by atoms with Crippen LogP contribution in [0.4, 0.5) is 5.69 Å². The summed E-state index contributed by atoms with van der Waals surface area (Å²) in [5.41, 5.74) is 7.39. The van der Waals surface area contributed by atoms with E-state index in [1.165, 1.54) is 0 Å². The number of aromatic nitrogens is 1. The average Bonchev–Trinajstić information content (AvgIpc) is 3.38. The van der Waals surface area contributed by atoms with Crippen LogP contribution in [0.15, 0.2) is 42.5 Å². The number of aryl methyl sites for hydroxylation is 2. The van der Waals surface area contributed by atoms with Crippen LogP contribution in [0.1, 0.15) is 67.3 Å². The monoisotopic (exact) mass is 525 g/mol. The van der Waals surface area contributed by atoms with Gasteiger partial charge in [-0.2, -0.15) is 0 Å². The maximum Gasteiger partial charge on any atom is 0.256 e. The van der Waals surface area contributed by atoms with E-state index >= 15 is 0 Å². The Morgan fingerprint density at radius 2 is 1.69 bits per heavy atom. The molecule has 2 aromatic carbocycles. The van der Waals surface area contributed by atoms with Gasteiger partial charge in [0.2, 0.25) is 0 Å². The first kappa shape index (κ1) is 26.4. The number of H-pyrrole nitrogens is 1. The molecule has 2 aliphatic heterocycles. The number of piperazine rings is 1. The molecule has 8 nitrogen and oxygen atoms in total. The van der Waals surface area contributed by atoms with Gasteiger partial charge in [0, 0.05) is 54.4 Å². The minimum Gasteiger partial charge on any atom is -0.358 e. The number of anilines is 1. The Kier molecular flexibility index (Phi) is 7.14. The summed E-state index contributed by atoms with van der Waals surface area (Å²) in [5, 5.41) is 5.94. The van der Waals surface area contributed by atoms with E-state index in [1.807, 2.05) is 56.9 Å². The van der Waals surface area contributed by atoms with E-state index in [-0.39, 0.29) is 23.8 Å². The van der Waals surface area contributed by atoms with Crippen molar-refractivity contribution in [3.63, 3.8) is 0 Å². The average molecular weight is 526 g/mol. The molecule has 0 aliphatic carbocycles. The van der Waals surface area contributed by atoms with Crippen LogP contribution in [0.5, 0.6) is 0 Å². The van der Waals surface area contributed by atoms with Crippen LogP contribution in [0.25, 0.3) is 11.6 Å². The number of rotatable bonds is 5. The van der Waals surface area contributed by atoms with Gasteiger partial charge >= 0.3 is 0 Å². The van der Waals surface area contributed by atoms with Gasteiger partial charge < -0.3 is 25.4 Å². The molecule has 0 saturated carbocycles. The SMILES string of the molecule is Cc1ccc([C@H](C)NC(=O)c2ccc3c(c2)C(=Cc2[nH]c(C)c(C(=O)N4CCN(C)CC4)c2C)C(=O)N3)cc1. The number of fused-ring (bicyclic) bond motifs is 1. The summed E-state index contributed by atoms with van der Waals surface area (Å²) < 4.78 is 0. The lowest BCUT2D eigenvalue weighted by atomic mass is 10.0. The Bertz CT molecular complexity index is 1480. The Morgan fingerprint density at radius 3 is 2.38 bits per heavy atom. The highest BCUT2D eigenvalue weighted by molar-refractivity contribution is 6.35. The maximum absolute atomic E-state index is 13.3. The van der Waals surface area contributed by atoms with E-state index in [9.17, 15) is 14.4 Å². The van der Waals surface area contributed by atoms with Gasteiger partial charge in [-0.1, -0.05) is 29.8 Å². The first-order valence-electron chi connectivity index (χ1n) is 13.3. The number of benzene rings is 2. The molecule has 2 aliphatic rings. The quantitative estimate of drug-likeness (QED) is 0.433. The maximum atomic E-state index is 13.3. The summed E-state index contributed by atoms with van der Waals surface area (Å²) in [6.07, 6.45) is 1.78. The third kappa shape index (κ3) is 5.25. The highest BCUT2D eigenvalue weighted by atomic mass is 16.2. The van der Waals surface area contributed by atoms with Crippen molar-refractivity contribution in [2.45, 2.75) is 33.7 Å². The fourth-order valence-electron chi connectivity index (χ4n) is 5.24. The summed E-state index contributed by atoms with van der Waals surface area (Å²) in [7, 11) is 2.06. The molecule has 1 aromatic heterocycles. The lowest BCUT2D eigenvalue weighted by molar-refractivity contribution is -0.110. The van der Waals surface area contributed by atoms with Crippen LogP contribution in [0.2, 0.25) is 0 Å². The molecule has 202 valence electrons. The van der Waals surface area contributed by atoms with Crippen LogP contribution in [0.3, 0.4) is 0 Å². The molecule has 0 spiro atoms. The van der Waals surface area contributed by atoms with E-state index in [2.05, 4.69) is 27.6 Å². The van der Waals surface area contributed by atoms with E-state index in [0.29, 0.717) is 46.7 Å². The fourth-order valence-corrected chi connectivity index (χ4v) is 5.24. The van der Waals surface area contributed by atoms with Crippen molar-refractivity contribution < 1.29 is 14.4 Å². The lowest BCUT2D eigenvalue weighted by Gasteiger charge is -2.32. The third-order valence-electron chi connectivity index (χ3n) is 7.76. The molecule has 1 saturated heterocycles. The Morgan fingerprint density at radius 1 is 1.00 bits per heavy atom. The van der Waals surface area contributed by atoms with E-state index in [0.717, 1.165) is 35.5 Å². The largest absolute Gasteiger partial charge is 0.358 e. The molecule has 1 atom stereocenters. The molecule has 0 unspecified atom stereocenters. The topological polar surface area (TPSA) is 97.5 Å². The minimum atomic E-state index is -0.242. The van der Waals surface area contributed by atoms with E-state index < -0.39 is 0 Å². The smallest absolute Gasteiger partial charge is 0.256 e. The Balaban J connectivity index is 1.40. The predicted molar refractivity (Wildman–Crippen MR) is 154 cm³/mol. The second-order valence-corrected chi connectivity index (χ2v) is 10.6. The normalized spacial score (nSPS) is 17.2. The van der Waals surface area contributed by atoms with Crippen LogP contribution in [0, 0.1) is 20.8 Å². The van der Waals surface area contributed by atoms with Crippen LogP contribution in [-0.4, -0.2) is 65.7 Å². The molecule has 5 rings (SSSR count). The molecule has 0 bridgehead atoms. The van der Waals surface area contributed by atoms with E-state index in [1.54, 1.807) is 24.3 Å². The van der Waals surface area contributed by atoms with Gasteiger partial charge in [-0.25, -0.2) is 0 Å². The van der Waals surface area contributed by atoms with Gasteiger partial charge in [0.1, 0.15) is 0 Å². The standard InChI is InChI=1S/C31H35N5O3/c1-18-6-8-22(9-7-18)20(3)33-29(37)23-10-11-26-24(16-23)25(30(38)34-26)17-27-19(2)28(21(4)32-27)31(39)36-14-12-35(5)13-15-36/h6-11,16-17,20,32H,12-15H2,1-5H3,(H,33,37)(H,34,38)/t20-/m0/s1. The summed E-state index contributed by atoms with van der Waals surface area (Å²) in [6, 6.07) is 13.1. The minimum absolute atomic E-state index is 0.0110. The third-order valence-corrected chi connectivity index (χ3v) is 7.76. The summed E-state index contributed by atoms with van der Waals surface area (Å²) in [6.45, 7) is 10.9. The molecule has 3 amide bonds. The zero-order valence-electron chi connectivity index (χ0n) is 23.1. The van der Waals surface area contributed by atoms with Crippen LogP contribution in [-0.2, 0) is 4.79 Å². The number of carbonyl (C=O) groups excluding carboxylic acids is 3. The first-order chi connectivity index (χ1) is 18.6. The Hall–Kier alpha value is -4.17. The number of aromatic amines is 1. The fraction of sp³-hybridized carbons (Fsp3) is 0.323. The van der Waals surface area contributed by atoms with Gasteiger partial charge in [0.15, 0.2) is 0 Å². The second-order valence-electron chi connectivity index (χ2n) is 10.6. The van der Waals surface area contributed by atoms with Gasteiger partial charge in [-0.3, -0.25) is 14.4 Å². The highest BCUT2D eigenvalue weighted by Gasteiger charge is 2.28. The van der Waals surface area contributed by atoms with Crippen molar-refractivity contribution in [2.75, 3.05) is 38.5 Å². The number of amides is 3. The zero-order valence-corrected chi connectivity index (χ0v) is 23.1. The first-order valence-corrected chi connectivity index (χ1v) is 13.3. The van der Waals surface area contributed by atoms with Crippen molar-refractivity contribution in [1.82, 2.24) is 20.1 Å². The molecule has 39 heavy (non-hydrogen) atoms. The van der Waals surface area contributed by atoms with Crippen molar-refractivity contribution in [2.24, 2.45) is 0 Å². The molecule has 3 aromatic rings. The number of nitrogens with one attached hydrogen (secondary N) is 3. The van der Waals surface area contributed by atoms with Gasteiger partial charge in [-0.15, -0.1) is 0 Å². The number of hydrogen-bond acceptors (Lipinski definition) is 4. The van der Waals surface area contributed by atoms with Gasteiger partial charge in [0.25, 0.3) is 17.7 Å². The summed E-state index contributed by atoms with van der Waals surface area (Å²) >= 11 is 0. The number of likely N-dealkylation sites (N-methyl/N-ethyl adjacent to an activating group) is 1. The Labute approximate surface area is 229 Å². The van der Waals surface area contributed by atoms with Crippen LogP contribution < -0.4 is 10.6 Å².